The summed E-state index contributed by atoms with van der Waals surface area (Å²) in [5, 5.41) is 4.65. The second-order valence-electron chi connectivity index (χ2n) is 4.74. The third kappa shape index (κ3) is 2.91. The van der Waals surface area contributed by atoms with E-state index in [2.05, 4.69) is 14.9 Å². The van der Waals surface area contributed by atoms with Crippen LogP contribution in [0.2, 0.25) is 5.02 Å². The molecule has 6 nitrogen and oxygen atoms in total. The van der Waals surface area contributed by atoms with Gasteiger partial charge in [0, 0.05) is 11.1 Å². The molecule has 0 atom stereocenters. The number of hydrogen-bond donors (Lipinski definition) is 1. The van der Waals surface area contributed by atoms with Crippen molar-refractivity contribution in [1.82, 2.24) is 10.1 Å². The molecular weight excluding hydrogens is 390 g/mol. The molecule has 0 amide bonds. The fourth-order valence-corrected chi connectivity index (χ4v) is 5.57. The minimum absolute atomic E-state index is 0.179. The molecular formula is C14H8ClN3O3S3. The summed E-state index contributed by atoms with van der Waals surface area (Å²) in [6.45, 7) is 0. The number of halogens is 1. The van der Waals surface area contributed by atoms with Gasteiger partial charge in [-0.15, -0.1) is 11.3 Å². The van der Waals surface area contributed by atoms with Crippen LogP contribution in [-0.2, 0) is 10.0 Å². The number of rotatable bonds is 4. The zero-order chi connectivity index (χ0) is 16.7. The number of aromatic nitrogens is 2. The molecule has 0 saturated heterocycles. The highest BCUT2D eigenvalue weighted by Crippen LogP contribution is 2.33. The number of fused-ring (bicyclic) bond motifs is 1. The number of nitrogens with one attached hydrogen (secondary N) is 1. The van der Waals surface area contributed by atoms with Crippen molar-refractivity contribution in [1.29, 1.82) is 0 Å². The Morgan fingerprint density at radius 1 is 1.12 bits per heavy atom. The van der Waals surface area contributed by atoms with E-state index in [9.17, 15) is 8.42 Å². The van der Waals surface area contributed by atoms with Gasteiger partial charge in [0.1, 0.15) is 16.2 Å². The van der Waals surface area contributed by atoms with E-state index in [1.165, 1.54) is 23.7 Å². The first-order valence-corrected chi connectivity index (χ1v) is 10.1. The molecule has 122 valence electrons. The molecule has 0 bridgehead atoms. The highest BCUT2D eigenvalue weighted by molar-refractivity contribution is 7.95. The van der Waals surface area contributed by atoms with E-state index < -0.39 is 10.0 Å². The zero-order valence-corrected chi connectivity index (χ0v) is 15.0. The molecule has 0 spiro atoms. The minimum atomic E-state index is -3.72. The molecule has 1 aromatic carbocycles. The number of benzene rings is 1. The summed E-state index contributed by atoms with van der Waals surface area (Å²) in [4.78, 5) is 4.97. The van der Waals surface area contributed by atoms with Crippen molar-refractivity contribution in [2.24, 2.45) is 0 Å². The van der Waals surface area contributed by atoms with Gasteiger partial charge >= 0.3 is 0 Å². The third-order valence-corrected chi connectivity index (χ3v) is 7.36. The lowest BCUT2D eigenvalue weighted by atomic mass is 10.3. The Morgan fingerprint density at radius 2 is 2.00 bits per heavy atom. The molecule has 0 aliphatic carbocycles. The Hall–Kier alpha value is -1.94. The Morgan fingerprint density at radius 3 is 2.79 bits per heavy atom. The van der Waals surface area contributed by atoms with Gasteiger partial charge in [0.25, 0.3) is 10.0 Å². The standard InChI is InChI=1S/C14H8ClN3O3S3/c15-8-1-2-12-10(7-8)16-14(23-12)18-24(19,20)13-4-3-11(22-13)9-5-6-21-17-9/h1-7H,(H,16,18). The molecule has 4 aromatic rings. The van der Waals surface area contributed by atoms with Crippen molar-refractivity contribution in [3.05, 3.63) is 47.7 Å². The van der Waals surface area contributed by atoms with Crippen LogP contribution in [0.15, 0.2) is 51.4 Å². The van der Waals surface area contributed by atoms with Crippen molar-refractivity contribution in [2.45, 2.75) is 4.21 Å². The lowest BCUT2D eigenvalue weighted by Gasteiger charge is -2.01. The van der Waals surface area contributed by atoms with Crippen LogP contribution < -0.4 is 4.72 Å². The van der Waals surface area contributed by atoms with Crippen LogP contribution in [-0.4, -0.2) is 18.6 Å². The Bertz CT molecular complexity index is 1120. The molecule has 24 heavy (non-hydrogen) atoms. The number of thiazole rings is 1. The fourth-order valence-electron chi connectivity index (χ4n) is 2.05. The number of nitrogens with zero attached hydrogens (tertiary/aromatic N) is 2. The number of anilines is 1. The fraction of sp³-hybridized carbons (Fsp3) is 0. The van der Waals surface area contributed by atoms with Gasteiger partial charge in [-0.3, -0.25) is 4.72 Å². The second-order valence-corrected chi connectivity index (χ2v) is 9.20. The van der Waals surface area contributed by atoms with Crippen molar-refractivity contribution in [3.8, 4) is 10.6 Å². The molecule has 0 saturated carbocycles. The smallest absolute Gasteiger partial charge is 0.273 e. The van der Waals surface area contributed by atoms with Crippen LogP contribution in [0.4, 0.5) is 5.13 Å². The number of hydrogen-bond acceptors (Lipinski definition) is 7. The zero-order valence-electron chi connectivity index (χ0n) is 11.8. The van der Waals surface area contributed by atoms with E-state index in [0.29, 0.717) is 26.2 Å². The molecule has 1 N–H and O–H groups in total. The van der Waals surface area contributed by atoms with Crippen molar-refractivity contribution < 1.29 is 12.9 Å². The summed E-state index contributed by atoms with van der Waals surface area (Å²) in [6, 6.07) is 10.1. The quantitative estimate of drug-likeness (QED) is 0.549. The first kappa shape index (κ1) is 15.6. The lowest BCUT2D eigenvalue weighted by Crippen LogP contribution is -2.10. The van der Waals surface area contributed by atoms with Crippen LogP contribution in [0, 0.1) is 0 Å². The first-order chi connectivity index (χ1) is 11.5. The lowest BCUT2D eigenvalue weighted by molar-refractivity contribution is 0.422. The minimum Gasteiger partial charge on any atom is -0.364 e. The maximum Gasteiger partial charge on any atom is 0.273 e. The van der Waals surface area contributed by atoms with Gasteiger partial charge in [0.2, 0.25) is 0 Å². The topological polar surface area (TPSA) is 85.1 Å². The molecule has 0 aliphatic heterocycles. The summed E-state index contributed by atoms with van der Waals surface area (Å²) < 4.78 is 33.4. The second kappa shape index (κ2) is 5.85. The number of thiophene rings is 1. The van der Waals surface area contributed by atoms with Gasteiger partial charge in [0.05, 0.1) is 15.1 Å². The van der Waals surface area contributed by atoms with Crippen molar-refractivity contribution in [3.63, 3.8) is 0 Å². The highest BCUT2D eigenvalue weighted by atomic mass is 35.5. The SMILES string of the molecule is O=S(=O)(Nc1nc2cc(Cl)ccc2s1)c1ccc(-c2ccon2)s1. The Labute approximate surface area is 149 Å². The van der Waals surface area contributed by atoms with Crippen LogP contribution in [0.1, 0.15) is 0 Å². The Balaban J connectivity index is 1.64. The predicted octanol–water partition coefficient (Wildman–Crippen LogP) is 4.47. The monoisotopic (exact) mass is 397 g/mol. The van der Waals surface area contributed by atoms with Gasteiger partial charge < -0.3 is 4.52 Å². The van der Waals surface area contributed by atoms with E-state index in [4.69, 9.17) is 16.1 Å². The Kier molecular flexibility index (Phi) is 3.80. The first-order valence-electron chi connectivity index (χ1n) is 6.61. The van der Waals surface area contributed by atoms with Gasteiger partial charge in [-0.1, -0.05) is 28.1 Å². The van der Waals surface area contributed by atoms with Gasteiger partial charge in [-0.25, -0.2) is 13.4 Å². The van der Waals surface area contributed by atoms with Crippen LogP contribution in [0.5, 0.6) is 0 Å². The van der Waals surface area contributed by atoms with E-state index in [1.54, 1.807) is 30.3 Å². The maximum atomic E-state index is 12.5. The molecule has 0 unspecified atom stereocenters. The summed E-state index contributed by atoms with van der Waals surface area (Å²) in [5.74, 6) is 0. The highest BCUT2D eigenvalue weighted by Gasteiger charge is 2.20. The van der Waals surface area contributed by atoms with Crippen molar-refractivity contribution >= 4 is 59.6 Å². The van der Waals surface area contributed by atoms with Gasteiger partial charge in [-0.2, -0.15) is 0 Å². The predicted molar refractivity (Wildman–Crippen MR) is 95.3 cm³/mol. The van der Waals surface area contributed by atoms with E-state index >= 15 is 0 Å². The maximum absolute atomic E-state index is 12.5. The average molecular weight is 398 g/mol. The summed E-state index contributed by atoms with van der Waals surface area (Å²) >= 11 is 8.28. The number of sulfonamides is 1. The summed E-state index contributed by atoms with van der Waals surface area (Å²) in [7, 11) is -3.72. The molecule has 0 aliphatic rings. The molecule has 0 fully saturated rings. The van der Waals surface area contributed by atoms with Gasteiger partial charge in [0.15, 0.2) is 5.13 Å². The summed E-state index contributed by atoms with van der Waals surface area (Å²) in [5.41, 5.74) is 1.25. The summed E-state index contributed by atoms with van der Waals surface area (Å²) in [6.07, 6.45) is 1.44. The molecule has 3 aromatic heterocycles. The molecule has 3 heterocycles. The molecule has 4 rings (SSSR count). The van der Waals surface area contributed by atoms with E-state index in [-0.39, 0.29) is 4.21 Å². The molecule has 10 heteroatoms. The molecule has 0 radical (unpaired) electrons. The van der Waals surface area contributed by atoms with Crippen LogP contribution in [0.3, 0.4) is 0 Å². The van der Waals surface area contributed by atoms with Crippen LogP contribution >= 0.6 is 34.3 Å². The van der Waals surface area contributed by atoms with Crippen LogP contribution in [0.25, 0.3) is 20.8 Å². The van der Waals surface area contributed by atoms with E-state index in [1.807, 2.05) is 0 Å². The van der Waals surface area contributed by atoms with Gasteiger partial charge in [-0.05, 0) is 30.3 Å². The largest absolute Gasteiger partial charge is 0.364 e. The van der Waals surface area contributed by atoms with Crippen molar-refractivity contribution in [2.75, 3.05) is 4.72 Å². The average Bonchev–Trinajstić information content (AvgIpc) is 3.26. The third-order valence-electron chi connectivity index (χ3n) is 3.11. The van der Waals surface area contributed by atoms with E-state index in [0.717, 1.165) is 16.0 Å². The normalized spacial score (nSPS) is 11.9.